The number of nitrogens with zero attached hydrogens (tertiary/aromatic N) is 2. The van der Waals surface area contributed by atoms with Gasteiger partial charge in [-0.2, -0.15) is 0 Å². The first kappa shape index (κ1) is 10.2. The molecule has 0 unspecified atom stereocenters. The lowest BCUT2D eigenvalue weighted by molar-refractivity contribution is 1.36. The van der Waals surface area contributed by atoms with Crippen LogP contribution >= 0.6 is 11.8 Å². The Balaban J connectivity index is 2.22. The van der Waals surface area contributed by atoms with Crippen molar-refractivity contribution in [3.8, 4) is 0 Å². The van der Waals surface area contributed by atoms with Gasteiger partial charge in [0.25, 0.3) is 0 Å². The van der Waals surface area contributed by atoms with Gasteiger partial charge < -0.3 is 5.32 Å². The molecular formula is C11H13N3S. The lowest BCUT2D eigenvalue weighted by atomic mass is 10.2. The van der Waals surface area contributed by atoms with Gasteiger partial charge in [-0.25, -0.2) is 4.99 Å². The molecule has 0 spiro atoms. The number of aliphatic imine (C=N–C) groups is 2. The minimum Gasteiger partial charge on any atom is -0.334 e. The molecule has 0 saturated heterocycles. The van der Waals surface area contributed by atoms with Crippen molar-refractivity contribution in [2.24, 2.45) is 9.98 Å². The third-order valence-electron chi connectivity index (χ3n) is 2.21. The Labute approximate surface area is 93.7 Å². The van der Waals surface area contributed by atoms with E-state index in [1.54, 1.807) is 18.8 Å². The summed E-state index contributed by atoms with van der Waals surface area (Å²) in [6.45, 7) is 1.90. The Bertz CT molecular complexity index is 424. The van der Waals surface area contributed by atoms with Gasteiger partial charge in [0, 0.05) is 18.5 Å². The standard InChI is InChI=1S/C11H13N3S/c1-8(12-2)13-11-14-10-6-4-3-5-9(10)7-15-11/h3-6H,7H2,1-2H3,(H,12,13,14). The summed E-state index contributed by atoms with van der Waals surface area (Å²) in [7, 11) is 1.75. The first-order valence-electron chi connectivity index (χ1n) is 4.79. The summed E-state index contributed by atoms with van der Waals surface area (Å²) < 4.78 is 0. The smallest absolute Gasteiger partial charge is 0.167 e. The second-order valence-corrected chi connectivity index (χ2v) is 4.22. The highest BCUT2D eigenvalue weighted by atomic mass is 32.2. The highest BCUT2D eigenvalue weighted by molar-refractivity contribution is 8.13. The summed E-state index contributed by atoms with van der Waals surface area (Å²) in [6, 6.07) is 8.29. The zero-order valence-corrected chi connectivity index (χ0v) is 9.64. The maximum Gasteiger partial charge on any atom is 0.167 e. The van der Waals surface area contributed by atoms with Crippen molar-refractivity contribution in [3.63, 3.8) is 0 Å². The summed E-state index contributed by atoms with van der Waals surface area (Å²) in [5, 5.41) is 4.22. The van der Waals surface area contributed by atoms with Gasteiger partial charge in [0.1, 0.15) is 5.84 Å². The predicted molar refractivity (Wildman–Crippen MR) is 67.8 cm³/mol. The average molecular weight is 219 g/mol. The highest BCUT2D eigenvalue weighted by Gasteiger charge is 2.12. The van der Waals surface area contributed by atoms with Crippen LogP contribution in [0.25, 0.3) is 0 Å². The molecule has 0 aliphatic carbocycles. The second kappa shape index (κ2) is 4.49. The SMILES string of the molecule is CN=C(C)N=C1Nc2ccccc2CS1. The number of hydrogen-bond donors (Lipinski definition) is 1. The van der Waals surface area contributed by atoms with E-state index in [1.807, 2.05) is 13.0 Å². The minimum atomic E-state index is 0.796. The zero-order valence-electron chi connectivity index (χ0n) is 8.82. The van der Waals surface area contributed by atoms with Gasteiger partial charge in [0.05, 0.1) is 0 Å². The fourth-order valence-electron chi connectivity index (χ4n) is 1.32. The molecule has 3 nitrogen and oxygen atoms in total. The minimum absolute atomic E-state index is 0.796. The van der Waals surface area contributed by atoms with Crippen molar-refractivity contribution in [3.05, 3.63) is 29.8 Å². The predicted octanol–water partition coefficient (Wildman–Crippen LogP) is 2.75. The topological polar surface area (TPSA) is 36.8 Å². The average Bonchev–Trinajstić information content (AvgIpc) is 2.29. The lowest BCUT2D eigenvalue weighted by Crippen LogP contribution is -2.15. The van der Waals surface area contributed by atoms with Crippen LogP contribution in [0.3, 0.4) is 0 Å². The van der Waals surface area contributed by atoms with Crippen molar-refractivity contribution in [1.29, 1.82) is 0 Å². The molecule has 78 valence electrons. The molecular weight excluding hydrogens is 206 g/mol. The van der Waals surface area contributed by atoms with Gasteiger partial charge in [-0.3, -0.25) is 4.99 Å². The van der Waals surface area contributed by atoms with Gasteiger partial charge in [-0.05, 0) is 18.6 Å². The molecule has 0 radical (unpaired) electrons. The molecule has 1 aromatic carbocycles. The molecule has 0 atom stereocenters. The molecule has 0 amide bonds. The van der Waals surface area contributed by atoms with Gasteiger partial charge in [0.2, 0.25) is 0 Å². The maximum absolute atomic E-state index is 4.37. The number of anilines is 1. The van der Waals surface area contributed by atoms with Crippen LogP contribution in [0, 0.1) is 0 Å². The number of thioether (sulfide) groups is 1. The van der Waals surface area contributed by atoms with E-state index in [0.29, 0.717) is 0 Å². The Morgan fingerprint density at radius 1 is 1.40 bits per heavy atom. The molecule has 2 rings (SSSR count). The van der Waals surface area contributed by atoms with Crippen LogP contribution in [0.5, 0.6) is 0 Å². The molecule has 0 bridgehead atoms. The van der Waals surface area contributed by atoms with E-state index in [-0.39, 0.29) is 0 Å². The first-order chi connectivity index (χ1) is 7.29. The van der Waals surface area contributed by atoms with Crippen LogP contribution < -0.4 is 5.32 Å². The zero-order chi connectivity index (χ0) is 10.7. The second-order valence-electron chi connectivity index (χ2n) is 3.26. The van der Waals surface area contributed by atoms with Crippen molar-refractivity contribution >= 4 is 28.5 Å². The van der Waals surface area contributed by atoms with E-state index in [1.165, 1.54) is 5.56 Å². The Kier molecular flexibility index (Phi) is 3.06. The first-order valence-corrected chi connectivity index (χ1v) is 5.78. The molecule has 1 N–H and O–H groups in total. The van der Waals surface area contributed by atoms with Gasteiger partial charge in [-0.1, -0.05) is 30.0 Å². The van der Waals surface area contributed by atoms with Crippen LogP contribution in [0.2, 0.25) is 0 Å². The number of nitrogens with one attached hydrogen (secondary N) is 1. The molecule has 1 aliphatic rings. The summed E-state index contributed by atoms with van der Waals surface area (Å²) in [6.07, 6.45) is 0. The number of para-hydroxylation sites is 1. The van der Waals surface area contributed by atoms with Crippen LogP contribution in [0.1, 0.15) is 12.5 Å². The highest BCUT2D eigenvalue weighted by Crippen LogP contribution is 2.27. The number of benzene rings is 1. The molecule has 4 heteroatoms. The van der Waals surface area contributed by atoms with Crippen LogP contribution in [0.4, 0.5) is 5.69 Å². The third kappa shape index (κ3) is 2.39. The Morgan fingerprint density at radius 2 is 2.20 bits per heavy atom. The van der Waals surface area contributed by atoms with E-state index in [2.05, 4.69) is 33.5 Å². The Hall–Kier alpha value is -1.29. The number of amidine groups is 2. The monoisotopic (exact) mass is 219 g/mol. The summed E-state index contributed by atoms with van der Waals surface area (Å²) in [4.78, 5) is 8.39. The van der Waals surface area contributed by atoms with E-state index < -0.39 is 0 Å². The van der Waals surface area contributed by atoms with E-state index >= 15 is 0 Å². The van der Waals surface area contributed by atoms with Crippen LogP contribution in [-0.4, -0.2) is 18.1 Å². The molecule has 1 heterocycles. The quantitative estimate of drug-likeness (QED) is 0.538. The van der Waals surface area contributed by atoms with Crippen LogP contribution in [0.15, 0.2) is 34.3 Å². The van der Waals surface area contributed by atoms with Crippen molar-refractivity contribution in [1.82, 2.24) is 0 Å². The molecule has 15 heavy (non-hydrogen) atoms. The Morgan fingerprint density at radius 3 is 3.00 bits per heavy atom. The maximum atomic E-state index is 4.37. The number of hydrogen-bond acceptors (Lipinski definition) is 2. The summed E-state index contributed by atoms with van der Waals surface area (Å²) >= 11 is 1.71. The lowest BCUT2D eigenvalue weighted by Gasteiger charge is -2.18. The molecule has 1 aromatic rings. The van der Waals surface area contributed by atoms with Crippen molar-refractivity contribution < 1.29 is 0 Å². The summed E-state index contributed by atoms with van der Waals surface area (Å²) in [5.74, 6) is 1.77. The fraction of sp³-hybridized carbons (Fsp3) is 0.273. The van der Waals surface area contributed by atoms with Crippen molar-refractivity contribution in [2.45, 2.75) is 12.7 Å². The normalized spacial score (nSPS) is 18.5. The molecule has 1 aliphatic heterocycles. The third-order valence-corrected chi connectivity index (χ3v) is 3.13. The number of fused-ring (bicyclic) bond motifs is 1. The molecule has 0 fully saturated rings. The summed E-state index contributed by atoms with van der Waals surface area (Å²) in [5.41, 5.74) is 2.48. The van der Waals surface area contributed by atoms with Gasteiger partial charge in [-0.15, -0.1) is 0 Å². The van der Waals surface area contributed by atoms with Crippen molar-refractivity contribution in [2.75, 3.05) is 12.4 Å². The molecule has 0 aromatic heterocycles. The number of rotatable bonds is 0. The van der Waals surface area contributed by atoms with E-state index in [9.17, 15) is 0 Å². The van der Waals surface area contributed by atoms with Crippen LogP contribution in [-0.2, 0) is 5.75 Å². The fourth-order valence-corrected chi connectivity index (χ4v) is 2.25. The largest absolute Gasteiger partial charge is 0.334 e. The molecule has 0 saturated carbocycles. The van der Waals surface area contributed by atoms with Gasteiger partial charge in [0.15, 0.2) is 5.17 Å². The van der Waals surface area contributed by atoms with E-state index in [4.69, 9.17) is 0 Å². The van der Waals surface area contributed by atoms with Gasteiger partial charge >= 0.3 is 0 Å². The van der Waals surface area contributed by atoms with E-state index in [0.717, 1.165) is 22.4 Å².